The Kier molecular flexibility index (Phi) is 4.37. The third-order valence-corrected chi connectivity index (χ3v) is 2.83. The fourth-order valence-electron chi connectivity index (χ4n) is 1.66. The van der Waals surface area contributed by atoms with E-state index in [0.29, 0.717) is 0 Å². The van der Waals surface area contributed by atoms with Gasteiger partial charge in [0.25, 0.3) is 11.6 Å². The van der Waals surface area contributed by atoms with E-state index in [1.165, 1.54) is 24.5 Å². The molecule has 9 nitrogen and oxygen atoms in total. The van der Waals surface area contributed by atoms with E-state index in [2.05, 4.69) is 10.4 Å². The number of amides is 1. The number of carbonyl (C=O) groups is 2. The lowest BCUT2D eigenvalue weighted by Crippen LogP contribution is -2.13. The topological polar surface area (TPSA) is 127 Å². The van der Waals surface area contributed by atoms with E-state index in [1.807, 2.05) is 0 Å². The first kappa shape index (κ1) is 15.4. The van der Waals surface area contributed by atoms with Gasteiger partial charge in [-0.1, -0.05) is 11.6 Å². The number of aromatic nitrogens is 2. The normalized spacial score (nSPS) is 10.2. The van der Waals surface area contributed by atoms with Crippen LogP contribution in [0.2, 0.25) is 5.02 Å². The molecule has 10 heteroatoms. The van der Waals surface area contributed by atoms with Gasteiger partial charge in [-0.15, -0.1) is 0 Å². The summed E-state index contributed by atoms with van der Waals surface area (Å²) < 4.78 is 1.06. The number of nitrogens with one attached hydrogen (secondary N) is 1. The highest BCUT2D eigenvalue weighted by Gasteiger charge is 2.18. The Bertz CT molecular complexity index is 758. The zero-order valence-electron chi connectivity index (χ0n) is 10.9. The Labute approximate surface area is 128 Å². The number of carboxylic acids is 1. The summed E-state index contributed by atoms with van der Waals surface area (Å²) in [6.07, 6.45) is 2.39. The lowest BCUT2D eigenvalue weighted by Gasteiger charge is -2.04. The van der Waals surface area contributed by atoms with Crippen molar-refractivity contribution in [3.63, 3.8) is 0 Å². The van der Waals surface area contributed by atoms with Crippen LogP contribution in [0, 0.1) is 10.1 Å². The molecule has 1 aromatic carbocycles. The zero-order valence-corrected chi connectivity index (χ0v) is 11.6. The van der Waals surface area contributed by atoms with Crippen molar-refractivity contribution in [2.45, 2.75) is 6.54 Å². The zero-order chi connectivity index (χ0) is 16.3. The summed E-state index contributed by atoms with van der Waals surface area (Å²) in [5, 5.41) is 25.8. The molecule has 0 fully saturated rings. The number of carbonyl (C=O) groups excluding carboxylic acids is 1. The molecular weight excluding hydrogens is 316 g/mol. The second-order valence-corrected chi connectivity index (χ2v) is 4.63. The van der Waals surface area contributed by atoms with Crippen molar-refractivity contribution in [1.29, 1.82) is 0 Å². The molecule has 0 radical (unpaired) electrons. The number of halogens is 1. The van der Waals surface area contributed by atoms with Crippen LogP contribution in [0.25, 0.3) is 0 Å². The predicted molar refractivity (Wildman–Crippen MR) is 75.9 cm³/mol. The van der Waals surface area contributed by atoms with Crippen LogP contribution in [0.5, 0.6) is 0 Å². The molecule has 0 bridgehead atoms. The number of rotatable bonds is 5. The Hall–Kier alpha value is -2.94. The van der Waals surface area contributed by atoms with E-state index >= 15 is 0 Å². The summed E-state index contributed by atoms with van der Waals surface area (Å²) in [4.78, 5) is 32.8. The molecule has 0 aliphatic heterocycles. The number of nitro groups is 1. The van der Waals surface area contributed by atoms with E-state index in [0.717, 1.165) is 10.7 Å². The highest BCUT2D eigenvalue weighted by Crippen LogP contribution is 2.28. The fraction of sp³-hybridized carbons (Fsp3) is 0.0833. The Morgan fingerprint density at radius 1 is 1.45 bits per heavy atom. The minimum Gasteiger partial charge on any atom is -0.480 e. The molecule has 0 aliphatic carbocycles. The molecule has 0 atom stereocenters. The molecule has 114 valence electrons. The maximum Gasteiger partial charge on any atom is 0.325 e. The van der Waals surface area contributed by atoms with Crippen LogP contribution in [0.15, 0.2) is 30.6 Å². The molecule has 0 spiro atoms. The van der Waals surface area contributed by atoms with Gasteiger partial charge in [-0.3, -0.25) is 24.4 Å². The molecule has 1 heterocycles. The van der Waals surface area contributed by atoms with Crippen LogP contribution in [-0.4, -0.2) is 31.7 Å². The van der Waals surface area contributed by atoms with Crippen molar-refractivity contribution >= 4 is 34.9 Å². The minimum atomic E-state index is -1.11. The third kappa shape index (κ3) is 3.58. The quantitative estimate of drug-likeness (QED) is 0.637. The molecular formula is C12H9ClN4O5. The second-order valence-electron chi connectivity index (χ2n) is 4.19. The summed E-state index contributed by atoms with van der Waals surface area (Å²) in [6, 6.07) is 3.82. The van der Waals surface area contributed by atoms with E-state index in [1.54, 1.807) is 0 Å². The van der Waals surface area contributed by atoms with E-state index in [9.17, 15) is 19.7 Å². The van der Waals surface area contributed by atoms with Gasteiger partial charge in [-0.25, -0.2) is 0 Å². The summed E-state index contributed by atoms with van der Waals surface area (Å²) in [7, 11) is 0. The molecule has 1 amide bonds. The number of hydrogen-bond donors (Lipinski definition) is 2. The first-order valence-corrected chi connectivity index (χ1v) is 6.24. The predicted octanol–water partition coefficient (Wildman–Crippen LogP) is 1.78. The average Bonchev–Trinajstić information content (AvgIpc) is 2.88. The van der Waals surface area contributed by atoms with Gasteiger partial charge in [-0.05, 0) is 12.1 Å². The second kappa shape index (κ2) is 6.22. The van der Waals surface area contributed by atoms with Gasteiger partial charge in [0.2, 0.25) is 0 Å². The van der Waals surface area contributed by atoms with Crippen LogP contribution >= 0.6 is 11.6 Å². The van der Waals surface area contributed by atoms with Crippen LogP contribution in [0.3, 0.4) is 0 Å². The standard InChI is InChI=1S/C12H9ClN4O5/c13-8-1-2-9(10(3-8)17(21)22)15-12(20)7-4-14-16(5-7)6-11(18)19/h1-5H,6H2,(H,15,20)(H,18,19). The first-order chi connectivity index (χ1) is 10.4. The van der Waals surface area contributed by atoms with Gasteiger partial charge in [-0.2, -0.15) is 5.10 Å². The van der Waals surface area contributed by atoms with Crippen LogP contribution < -0.4 is 5.32 Å². The number of hydrogen-bond acceptors (Lipinski definition) is 5. The number of benzene rings is 1. The Morgan fingerprint density at radius 3 is 2.82 bits per heavy atom. The summed E-state index contributed by atoms with van der Waals surface area (Å²) in [5.74, 6) is -1.76. The number of nitrogens with zero attached hydrogens (tertiary/aromatic N) is 3. The van der Waals surface area contributed by atoms with Gasteiger partial charge < -0.3 is 10.4 Å². The van der Waals surface area contributed by atoms with Gasteiger partial charge in [0, 0.05) is 17.3 Å². The molecule has 2 rings (SSSR count). The summed E-state index contributed by atoms with van der Waals surface area (Å²) in [5.41, 5.74) is -0.297. The van der Waals surface area contributed by atoms with Crippen LogP contribution in [-0.2, 0) is 11.3 Å². The number of anilines is 1. The lowest BCUT2D eigenvalue weighted by molar-refractivity contribution is -0.383. The van der Waals surface area contributed by atoms with Gasteiger partial charge >= 0.3 is 5.97 Å². The maximum absolute atomic E-state index is 12.0. The van der Waals surface area contributed by atoms with Crippen molar-refractivity contribution in [1.82, 2.24) is 9.78 Å². The number of aliphatic carboxylic acids is 1. The van der Waals surface area contributed by atoms with Gasteiger partial charge in [0.1, 0.15) is 12.2 Å². The molecule has 0 saturated carbocycles. The molecule has 1 aromatic heterocycles. The highest BCUT2D eigenvalue weighted by atomic mass is 35.5. The smallest absolute Gasteiger partial charge is 0.325 e. The minimum absolute atomic E-state index is 0.0228. The Morgan fingerprint density at radius 2 is 2.18 bits per heavy atom. The maximum atomic E-state index is 12.0. The average molecular weight is 325 g/mol. The SMILES string of the molecule is O=C(O)Cn1cc(C(=O)Nc2ccc(Cl)cc2[N+](=O)[O-])cn1. The first-order valence-electron chi connectivity index (χ1n) is 5.86. The monoisotopic (exact) mass is 324 g/mol. The number of carboxylic acid groups (broad SMARTS) is 1. The van der Waals surface area contributed by atoms with Crippen molar-refractivity contribution < 1.29 is 19.6 Å². The van der Waals surface area contributed by atoms with Gasteiger partial charge in [0.05, 0.1) is 16.7 Å². The highest BCUT2D eigenvalue weighted by molar-refractivity contribution is 6.31. The molecule has 0 aliphatic rings. The third-order valence-electron chi connectivity index (χ3n) is 2.60. The van der Waals surface area contributed by atoms with Crippen LogP contribution in [0.1, 0.15) is 10.4 Å². The van der Waals surface area contributed by atoms with Crippen LogP contribution in [0.4, 0.5) is 11.4 Å². The lowest BCUT2D eigenvalue weighted by atomic mass is 10.2. The molecule has 2 N–H and O–H groups in total. The summed E-state index contributed by atoms with van der Waals surface area (Å²) >= 11 is 5.68. The van der Waals surface area contributed by atoms with E-state index in [-0.39, 0.29) is 22.0 Å². The van der Waals surface area contributed by atoms with Crippen molar-refractivity contribution in [2.24, 2.45) is 0 Å². The largest absolute Gasteiger partial charge is 0.480 e. The van der Waals surface area contributed by atoms with E-state index < -0.39 is 23.3 Å². The Balaban J connectivity index is 2.20. The molecule has 22 heavy (non-hydrogen) atoms. The molecule has 0 unspecified atom stereocenters. The molecule has 0 saturated heterocycles. The van der Waals surface area contributed by atoms with Crippen molar-refractivity contribution in [2.75, 3.05) is 5.32 Å². The van der Waals surface area contributed by atoms with Crippen molar-refractivity contribution in [3.8, 4) is 0 Å². The van der Waals surface area contributed by atoms with Gasteiger partial charge in [0.15, 0.2) is 0 Å². The summed E-state index contributed by atoms with van der Waals surface area (Å²) in [6.45, 7) is -0.394. The van der Waals surface area contributed by atoms with Crippen molar-refractivity contribution in [3.05, 3.63) is 51.3 Å². The number of nitro benzene ring substituents is 1. The molecule has 2 aromatic rings. The fourth-order valence-corrected chi connectivity index (χ4v) is 1.83. The van der Waals surface area contributed by atoms with E-state index in [4.69, 9.17) is 16.7 Å².